The van der Waals surface area contributed by atoms with Crippen molar-refractivity contribution in [1.29, 1.82) is 0 Å². The maximum atomic E-state index is 11.1. The molecule has 0 saturated heterocycles. The van der Waals surface area contributed by atoms with Crippen LogP contribution in [0, 0.1) is 0 Å². The van der Waals surface area contributed by atoms with E-state index in [0.29, 0.717) is 0 Å². The second-order valence-corrected chi connectivity index (χ2v) is 7.83. The van der Waals surface area contributed by atoms with Gasteiger partial charge >= 0.3 is 11.9 Å². The molecule has 0 amide bonds. The van der Waals surface area contributed by atoms with Gasteiger partial charge in [-0.25, -0.2) is 9.59 Å². The maximum absolute atomic E-state index is 11.1. The number of carboxylic acid groups (broad SMARTS) is 1. The van der Waals surface area contributed by atoms with Crippen LogP contribution in [0.1, 0.15) is 13.3 Å². The van der Waals surface area contributed by atoms with Gasteiger partial charge in [0.15, 0.2) is 0 Å². The molecule has 80 valence electrons. The summed E-state index contributed by atoms with van der Waals surface area (Å²) in [6.45, 7) is 5.89. The van der Waals surface area contributed by atoms with E-state index in [4.69, 9.17) is 9.53 Å². The maximum Gasteiger partial charge on any atom is 0.328 e. The van der Waals surface area contributed by atoms with Crippen LogP contribution in [0.5, 0.6) is 0 Å². The molecule has 14 heavy (non-hydrogen) atoms. The summed E-state index contributed by atoms with van der Waals surface area (Å²) in [5.74, 6) is -1.70. The topological polar surface area (TPSA) is 63.6 Å². The van der Waals surface area contributed by atoms with E-state index in [9.17, 15) is 9.59 Å². The summed E-state index contributed by atoms with van der Waals surface area (Å²) in [4.78, 5) is 21.2. The lowest BCUT2D eigenvalue weighted by atomic mass is 10.5. The molecule has 4 nitrogen and oxygen atoms in total. The Labute approximate surface area is 84.7 Å². The van der Waals surface area contributed by atoms with Crippen molar-refractivity contribution >= 4 is 20.3 Å². The highest BCUT2D eigenvalue weighted by Gasteiger charge is 2.24. The third-order valence-corrected chi connectivity index (χ3v) is 4.05. The van der Waals surface area contributed by atoms with Crippen LogP contribution in [-0.2, 0) is 14.0 Å². The summed E-state index contributed by atoms with van der Waals surface area (Å²) < 4.78 is 5.18. The molecule has 0 rings (SSSR count). The number of hydrogen-bond acceptors (Lipinski definition) is 3. The van der Waals surface area contributed by atoms with Crippen LogP contribution in [0.2, 0.25) is 19.1 Å². The minimum absolute atomic E-state index is 0.558. The van der Waals surface area contributed by atoms with Gasteiger partial charge in [-0.05, 0) is 19.1 Å². The zero-order valence-electron chi connectivity index (χ0n) is 8.74. The quantitative estimate of drug-likeness (QED) is 0.562. The molecule has 0 aromatic carbocycles. The molecule has 0 aliphatic heterocycles. The Bertz CT molecular complexity index is 245. The SMILES string of the molecule is CCC[Si](C)(C)OC(=O)C=CC(=O)O. The van der Waals surface area contributed by atoms with Crippen LogP contribution in [0.3, 0.4) is 0 Å². The highest BCUT2D eigenvalue weighted by molar-refractivity contribution is 6.72. The van der Waals surface area contributed by atoms with Crippen LogP contribution in [-0.4, -0.2) is 25.4 Å². The number of carboxylic acids is 1. The fraction of sp³-hybridized carbons (Fsp3) is 0.556. The lowest BCUT2D eigenvalue weighted by molar-refractivity contribution is -0.133. The summed E-state index contributed by atoms with van der Waals surface area (Å²) in [5.41, 5.74) is 0. The normalized spacial score (nSPS) is 11.6. The van der Waals surface area contributed by atoms with E-state index in [0.717, 1.165) is 24.6 Å². The molecular formula is C9H16O4Si. The molecule has 5 heteroatoms. The van der Waals surface area contributed by atoms with Crippen LogP contribution in [0.25, 0.3) is 0 Å². The molecule has 0 aromatic rings. The lowest BCUT2D eigenvalue weighted by Gasteiger charge is -2.20. The number of rotatable bonds is 5. The molecule has 0 fully saturated rings. The van der Waals surface area contributed by atoms with E-state index in [1.807, 2.05) is 20.0 Å². The van der Waals surface area contributed by atoms with Crippen LogP contribution in [0.15, 0.2) is 12.2 Å². The molecule has 0 aliphatic carbocycles. The van der Waals surface area contributed by atoms with Crippen molar-refractivity contribution in [3.05, 3.63) is 12.2 Å². The Hall–Kier alpha value is -1.10. The van der Waals surface area contributed by atoms with Gasteiger partial charge in [-0.2, -0.15) is 0 Å². The second kappa shape index (κ2) is 5.59. The first-order valence-electron chi connectivity index (χ1n) is 4.51. The van der Waals surface area contributed by atoms with Gasteiger partial charge in [-0.3, -0.25) is 0 Å². The van der Waals surface area contributed by atoms with E-state index < -0.39 is 20.3 Å². The second-order valence-electron chi connectivity index (χ2n) is 3.60. The van der Waals surface area contributed by atoms with Crippen LogP contribution < -0.4 is 0 Å². The van der Waals surface area contributed by atoms with Gasteiger partial charge in [-0.15, -0.1) is 0 Å². The molecule has 0 radical (unpaired) electrons. The third-order valence-electron chi connectivity index (χ3n) is 1.59. The van der Waals surface area contributed by atoms with Crippen molar-refractivity contribution in [3.63, 3.8) is 0 Å². The highest BCUT2D eigenvalue weighted by atomic mass is 28.4. The lowest BCUT2D eigenvalue weighted by Crippen LogP contribution is -2.32. The van der Waals surface area contributed by atoms with Gasteiger partial charge in [0.05, 0.1) is 0 Å². The first-order valence-corrected chi connectivity index (χ1v) is 7.63. The van der Waals surface area contributed by atoms with Crippen LogP contribution in [0.4, 0.5) is 0 Å². The van der Waals surface area contributed by atoms with Gasteiger partial charge in [-0.1, -0.05) is 13.3 Å². The van der Waals surface area contributed by atoms with E-state index in [-0.39, 0.29) is 0 Å². The molecule has 0 saturated carbocycles. The highest BCUT2D eigenvalue weighted by Crippen LogP contribution is 2.13. The molecule has 1 N–H and O–H groups in total. The molecule has 0 unspecified atom stereocenters. The van der Waals surface area contributed by atoms with Gasteiger partial charge in [0, 0.05) is 12.2 Å². The summed E-state index contributed by atoms with van der Waals surface area (Å²) in [7, 11) is -1.93. The first kappa shape index (κ1) is 12.9. The van der Waals surface area contributed by atoms with Crippen molar-refractivity contribution in [2.24, 2.45) is 0 Å². The minimum atomic E-state index is -1.93. The summed E-state index contributed by atoms with van der Waals surface area (Å²) in [6.07, 6.45) is 2.71. The fourth-order valence-corrected chi connectivity index (χ4v) is 3.02. The smallest absolute Gasteiger partial charge is 0.328 e. The molecule has 0 atom stereocenters. The molecule has 0 heterocycles. The monoisotopic (exact) mass is 216 g/mol. The average Bonchev–Trinajstić information content (AvgIpc) is 1.99. The molecule has 0 aromatic heterocycles. The largest absolute Gasteiger partial charge is 0.517 e. The zero-order valence-corrected chi connectivity index (χ0v) is 9.74. The molecule has 0 bridgehead atoms. The van der Waals surface area contributed by atoms with Gasteiger partial charge in [0.1, 0.15) is 0 Å². The number of hydrogen-bond donors (Lipinski definition) is 1. The van der Waals surface area contributed by atoms with E-state index in [1.54, 1.807) is 0 Å². The average molecular weight is 216 g/mol. The predicted octanol–water partition coefficient (Wildman–Crippen LogP) is 1.79. The van der Waals surface area contributed by atoms with Crippen molar-refractivity contribution in [2.75, 3.05) is 0 Å². The number of carbonyl (C=O) groups excluding carboxylic acids is 1. The Morgan fingerprint density at radius 3 is 2.36 bits per heavy atom. The zero-order chi connectivity index (χ0) is 11.2. The molecule has 0 spiro atoms. The first-order chi connectivity index (χ1) is 6.37. The van der Waals surface area contributed by atoms with E-state index in [1.165, 1.54) is 0 Å². The Kier molecular flexibility index (Phi) is 5.15. The van der Waals surface area contributed by atoms with Crippen molar-refractivity contribution in [1.82, 2.24) is 0 Å². The third kappa shape index (κ3) is 6.42. The molecule has 0 aliphatic rings. The standard InChI is InChI=1S/C9H16O4Si/c1-4-7-14(2,3)13-9(12)6-5-8(10)11/h5-6H,4,7H2,1-3H3,(H,10,11). The van der Waals surface area contributed by atoms with E-state index >= 15 is 0 Å². The van der Waals surface area contributed by atoms with E-state index in [2.05, 4.69) is 0 Å². The van der Waals surface area contributed by atoms with Gasteiger partial charge in [0.2, 0.25) is 8.32 Å². The summed E-state index contributed by atoms with van der Waals surface area (Å²) in [5, 5.41) is 8.28. The van der Waals surface area contributed by atoms with Crippen molar-refractivity contribution in [2.45, 2.75) is 32.5 Å². The van der Waals surface area contributed by atoms with Gasteiger partial charge < -0.3 is 9.53 Å². The Balaban J connectivity index is 4.11. The fourth-order valence-electron chi connectivity index (χ4n) is 1.10. The summed E-state index contributed by atoms with van der Waals surface area (Å²) >= 11 is 0. The Morgan fingerprint density at radius 1 is 1.36 bits per heavy atom. The number of aliphatic carboxylic acids is 1. The van der Waals surface area contributed by atoms with Crippen molar-refractivity contribution < 1.29 is 19.1 Å². The van der Waals surface area contributed by atoms with Gasteiger partial charge in [0.25, 0.3) is 0 Å². The predicted molar refractivity (Wildman–Crippen MR) is 55.4 cm³/mol. The molecular weight excluding hydrogens is 200 g/mol. The van der Waals surface area contributed by atoms with Crippen LogP contribution >= 0.6 is 0 Å². The minimum Gasteiger partial charge on any atom is -0.517 e. The number of carbonyl (C=O) groups is 2. The summed E-state index contributed by atoms with van der Waals surface area (Å²) in [6, 6.07) is 0.889. The Morgan fingerprint density at radius 2 is 1.93 bits per heavy atom. The van der Waals surface area contributed by atoms with Crippen molar-refractivity contribution in [3.8, 4) is 0 Å².